The number of fused-ring (bicyclic) bond motifs is 1. The third-order valence-electron chi connectivity index (χ3n) is 6.98. The molecule has 0 saturated carbocycles. The summed E-state index contributed by atoms with van der Waals surface area (Å²) in [5.74, 6) is -0.809. The van der Waals surface area contributed by atoms with Gasteiger partial charge < -0.3 is 30.5 Å². The van der Waals surface area contributed by atoms with Gasteiger partial charge in [-0.25, -0.2) is 0 Å². The van der Waals surface area contributed by atoms with Crippen molar-refractivity contribution in [3.63, 3.8) is 0 Å². The minimum Gasteiger partial charge on any atom is -0.508 e. The summed E-state index contributed by atoms with van der Waals surface area (Å²) >= 11 is 0. The van der Waals surface area contributed by atoms with Gasteiger partial charge in [-0.2, -0.15) is 5.26 Å². The molecule has 3 aromatic rings. The molecule has 9 nitrogen and oxygen atoms in total. The van der Waals surface area contributed by atoms with Gasteiger partial charge in [0.15, 0.2) is 0 Å². The lowest BCUT2D eigenvalue weighted by Gasteiger charge is -2.29. The van der Waals surface area contributed by atoms with E-state index in [1.807, 2.05) is 24.3 Å². The molecule has 1 amide bonds. The minimum absolute atomic E-state index is 0.000945. The summed E-state index contributed by atoms with van der Waals surface area (Å²) in [4.78, 5) is 26.9. The number of benzene rings is 3. The molecule has 1 saturated heterocycles. The zero-order chi connectivity index (χ0) is 29.0. The van der Waals surface area contributed by atoms with Gasteiger partial charge in [-0.3, -0.25) is 9.59 Å². The number of phenols is 1. The van der Waals surface area contributed by atoms with Crippen molar-refractivity contribution in [2.24, 2.45) is 5.73 Å². The molecule has 1 fully saturated rings. The van der Waals surface area contributed by atoms with E-state index in [-0.39, 0.29) is 44.1 Å². The van der Waals surface area contributed by atoms with Gasteiger partial charge in [-0.05, 0) is 77.6 Å². The van der Waals surface area contributed by atoms with E-state index in [1.165, 1.54) is 37.1 Å². The molecule has 1 aliphatic rings. The predicted octanol–water partition coefficient (Wildman–Crippen LogP) is 4.21. The van der Waals surface area contributed by atoms with Crippen molar-refractivity contribution in [2.75, 3.05) is 44.4 Å². The maximum atomic E-state index is 12.5. The number of aromatic hydroxyl groups is 1. The van der Waals surface area contributed by atoms with Crippen molar-refractivity contribution in [1.82, 2.24) is 5.32 Å². The molecule has 3 aromatic carbocycles. The van der Waals surface area contributed by atoms with Crippen LogP contribution in [0.5, 0.6) is 5.75 Å². The Hall–Kier alpha value is -4.39. The van der Waals surface area contributed by atoms with Crippen LogP contribution < -0.4 is 16.0 Å². The fourth-order valence-corrected chi connectivity index (χ4v) is 4.73. The Bertz CT molecular complexity index is 1410. The Balaban J connectivity index is 1.17. The van der Waals surface area contributed by atoms with Crippen molar-refractivity contribution in [3.8, 4) is 11.8 Å². The highest BCUT2D eigenvalue weighted by Gasteiger charge is 2.14. The third-order valence-corrected chi connectivity index (χ3v) is 6.98. The normalized spacial score (nSPS) is 14.3. The number of rotatable bonds is 12. The van der Waals surface area contributed by atoms with Crippen LogP contribution in [0.15, 0.2) is 66.2 Å². The van der Waals surface area contributed by atoms with Crippen LogP contribution in [0, 0.1) is 11.3 Å². The summed E-state index contributed by atoms with van der Waals surface area (Å²) in [7, 11) is 0. The van der Waals surface area contributed by atoms with Crippen molar-refractivity contribution in [2.45, 2.75) is 31.7 Å². The van der Waals surface area contributed by atoms with E-state index in [0.29, 0.717) is 0 Å². The largest absolute Gasteiger partial charge is 0.508 e. The average molecular weight is 557 g/mol. The zero-order valence-electron chi connectivity index (χ0n) is 23.1. The SMILES string of the molecule is N#C/C(=C\c1ccc2cc(N3CCCCC3)ccc2c1)C(=O)NCCOCCOC(=O)C[C@@H](N)c1ccc(O)cc1. The quantitative estimate of drug-likeness (QED) is 0.131. The summed E-state index contributed by atoms with van der Waals surface area (Å²) in [5, 5.41) is 23.7. The second-order valence-electron chi connectivity index (χ2n) is 10.00. The summed E-state index contributed by atoms with van der Waals surface area (Å²) in [6, 6.07) is 20.1. The number of piperidine rings is 1. The summed E-state index contributed by atoms with van der Waals surface area (Å²) in [6.45, 7) is 2.79. The van der Waals surface area contributed by atoms with E-state index >= 15 is 0 Å². The number of hydrogen-bond acceptors (Lipinski definition) is 8. The molecule has 0 aliphatic carbocycles. The number of amides is 1. The second kappa shape index (κ2) is 14.8. The van der Waals surface area contributed by atoms with Crippen LogP contribution in [-0.2, 0) is 19.1 Å². The molecule has 0 spiro atoms. The highest BCUT2D eigenvalue weighted by atomic mass is 16.6. The minimum atomic E-state index is -0.534. The van der Waals surface area contributed by atoms with E-state index in [2.05, 4.69) is 28.4 Å². The van der Waals surface area contributed by atoms with Crippen LogP contribution in [0.1, 0.15) is 42.9 Å². The van der Waals surface area contributed by atoms with Crippen LogP contribution in [0.4, 0.5) is 5.69 Å². The van der Waals surface area contributed by atoms with E-state index in [4.69, 9.17) is 15.2 Å². The lowest BCUT2D eigenvalue weighted by Crippen LogP contribution is -2.29. The van der Waals surface area contributed by atoms with Crippen LogP contribution in [-0.4, -0.2) is 56.4 Å². The standard InChI is InChI=1S/C32H36N4O5/c33-22-27(19-23-4-5-26-20-28(9-6-25(26)18-23)36-13-2-1-3-14-36)32(39)35-12-15-40-16-17-41-31(38)21-30(34)24-7-10-29(37)11-8-24/h4-11,18-20,30,37H,1-3,12-17,21,34H2,(H,35,39)/b27-19+/t30-/m1/s1. The van der Waals surface area contributed by atoms with Gasteiger partial charge in [0, 0.05) is 31.4 Å². The highest BCUT2D eigenvalue weighted by Crippen LogP contribution is 2.26. The van der Waals surface area contributed by atoms with Crippen molar-refractivity contribution in [1.29, 1.82) is 5.26 Å². The Morgan fingerprint density at radius 1 is 1.00 bits per heavy atom. The number of nitrogens with one attached hydrogen (secondary N) is 1. The summed E-state index contributed by atoms with van der Waals surface area (Å²) in [5.41, 5.74) is 8.74. The number of anilines is 1. The molecule has 4 rings (SSSR count). The lowest BCUT2D eigenvalue weighted by molar-refractivity contribution is -0.145. The number of nitrogens with two attached hydrogens (primary N) is 1. The zero-order valence-corrected chi connectivity index (χ0v) is 23.1. The van der Waals surface area contributed by atoms with Crippen LogP contribution >= 0.6 is 0 Å². The third kappa shape index (κ3) is 8.80. The first-order chi connectivity index (χ1) is 19.9. The molecule has 41 heavy (non-hydrogen) atoms. The molecular weight excluding hydrogens is 520 g/mol. The lowest BCUT2D eigenvalue weighted by atomic mass is 10.0. The number of phenolic OH excluding ortho intramolecular Hbond substituents is 1. The fraction of sp³-hybridized carbons (Fsp3) is 0.344. The first kappa shape index (κ1) is 29.6. The van der Waals surface area contributed by atoms with E-state index in [9.17, 15) is 20.0 Å². The van der Waals surface area contributed by atoms with Gasteiger partial charge >= 0.3 is 5.97 Å². The Kier molecular flexibility index (Phi) is 10.7. The van der Waals surface area contributed by atoms with E-state index in [0.717, 1.165) is 35.0 Å². The first-order valence-electron chi connectivity index (χ1n) is 13.9. The molecular formula is C32H36N4O5. The predicted molar refractivity (Wildman–Crippen MR) is 158 cm³/mol. The molecule has 1 atom stereocenters. The van der Waals surface area contributed by atoms with Gasteiger partial charge in [0.2, 0.25) is 0 Å². The number of carbonyl (C=O) groups excluding carboxylic acids is 2. The van der Waals surface area contributed by atoms with Gasteiger partial charge in [-0.1, -0.05) is 30.3 Å². The van der Waals surface area contributed by atoms with Crippen molar-refractivity contribution >= 4 is 34.4 Å². The molecule has 214 valence electrons. The second-order valence-corrected chi connectivity index (χ2v) is 10.00. The summed E-state index contributed by atoms with van der Waals surface area (Å²) < 4.78 is 10.6. The number of nitriles is 1. The topological polar surface area (TPSA) is 138 Å². The number of hydrogen-bond donors (Lipinski definition) is 3. The summed E-state index contributed by atoms with van der Waals surface area (Å²) in [6.07, 6.45) is 5.32. The molecule has 0 aromatic heterocycles. The monoisotopic (exact) mass is 556 g/mol. The Morgan fingerprint density at radius 3 is 2.49 bits per heavy atom. The number of nitrogens with zero attached hydrogens (tertiary/aromatic N) is 2. The maximum absolute atomic E-state index is 12.5. The Morgan fingerprint density at radius 2 is 1.73 bits per heavy atom. The van der Waals surface area contributed by atoms with Crippen LogP contribution in [0.25, 0.3) is 16.8 Å². The Labute approximate surface area is 240 Å². The number of esters is 1. The molecule has 1 aliphatic heterocycles. The smallest absolute Gasteiger partial charge is 0.307 e. The molecule has 4 N–H and O–H groups in total. The van der Waals surface area contributed by atoms with Gasteiger partial charge in [-0.15, -0.1) is 0 Å². The van der Waals surface area contributed by atoms with Crippen LogP contribution in [0.3, 0.4) is 0 Å². The first-order valence-corrected chi connectivity index (χ1v) is 13.9. The van der Waals surface area contributed by atoms with Gasteiger partial charge in [0.05, 0.1) is 19.6 Å². The van der Waals surface area contributed by atoms with Crippen molar-refractivity contribution < 1.29 is 24.2 Å². The number of ether oxygens (including phenoxy) is 2. The van der Waals surface area contributed by atoms with Gasteiger partial charge in [0.1, 0.15) is 24.0 Å². The van der Waals surface area contributed by atoms with E-state index < -0.39 is 17.9 Å². The van der Waals surface area contributed by atoms with Crippen LogP contribution in [0.2, 0.25) is 0 Å². The molecule has 0 unspecified atom stereocenters. The molecule has 9 heteroatoms. The highest BCUT2D eigenvalue weighted by molar-refractivity contribution is 6.02. The molecule has 0 radical (unpaired) electrons. The van der Waals surface area contributed by atoms with E-state index in [1.54, 1.807) is 18.2 Å². The average Bonchev–Trinajstić information content (AvgIpc) is 2.99. The van der Waals surface area contributed by atoms with Crippen molar-refractivity contribution in [3.05, 3.63) is 77.4 Å². The molecule has 0 bridgehead atoms. The fourth-order valence-electron chi connectivity index (χ4n) is 4.73. The number of carbonyl (C=O) groups is 2. The van der Waals surface area contributed by atoms with Gasteiger partial charge in [0.25, 0.3) is 5.91 Å². The maximum Gasteiger partial charge on any atom is 0.307 e. The molecule has 1 heterocycles.